The third-order valence-electron chi connectivity index (χ3n) is 6.95. The van der Waals surface area contributed by atoms with Gasteiger partial charge in [-0.3, -0.25) is 4.90 Å². The summed E-state index contributed by atoms with van der Waals surface area (Å²) in [6.07, 6.45) is 0. The molecule has 0 saturated carbocycles. The largest absolute Gasteiger partial charge is 0.378 e. The van der Waals surface area contributed by atoms with Gasteiger partial charge in [-0.2, -0.15) is 0 Å². The number of halogens is 2. The number of aryl methyl sites for hydroxylation is 2. The highest BCUT2D eigenvalue weighted by atomic mass is 35.5. The topological polar surface area (TPSA) is 55.9 Å². The smallest absolute Gasteiger partial charge is 0.240 e. The van der Waals surface area contributed by atoms with Gasteiger partial charge in [-0.05, 0) is 79.1 Å². The second kappa shape index (κ2) is 11.4. The molecule has 1 heterocycles. The van der Waals surface area contributed by atoms with Crippen LogP contribution in [0, 0.1) is 19.7 Å². The van der Waals surface area contributed by atoms with Crippen LogP contribution in [0.25, 0.3) is 0 Å². The van der Waals surface area contributed by atoms with E-state index in [0.29, 0.717) is 10.6 Å². The van der Waals surface area contributed by atoms with Crippen LogP contribution in [0.3, 0.4) is 0 Å². The molecule has 3 aromatic rings. The van der Waals surface area contributed by atoms with Crippen LogP contribution in [0.15, 0.2) is 65.6 Å². The van der Waals surface area contributed by atoms with E-state index in [2.05, 4.69) is 38.8 Å². The van der Waals surface area contributed by atoms with Gasteiger partial charge in [0.2, 0.25) is 10.0 Å². The zero-order valence-corrected chi connectivity index (χ0v) is 23.3. The Morgan fingerprint density at radius 2 is 1.57 bits per heavy atom. The van der Waals surface area contributed by atoms with Gasteiger partial charge in [0.1, 0.15) is 5.82 Å². The Morgan fingerprint density at radius 3 is 2.16 bits per heavy atom. The van der Waals surface area contributed by atoms with Crippen molar-refractivity contribution in [2.75, 3.05) is 56.6 Å². The molecule has 0 aromatic heterocycles. The van der Waals surface area contributed by atoms with Crippen molar-refractivity contribution in [2.24, 2.45) is 0 Å². The fourth-order valence-corrected chi connectivity index (χ4v) is 6.27. The molecule has 0 amide bonds. The van der Waals surface area contributed by atoms with Gasteiger partial charge in [0, 0.05) is 69.3 Å². The van der Waals surface area contributed by atoms with Crippen molar-refractivity contribution in [3.63, 3.8) is 0 Å². The lowest BCUT2D eigenvalue weighted by Gasteiger charge is -2.40. The summed E-state index contributed by atoms with van der Waals surface area (Å²) in [6.45, 7) is 6.82. The van der Waals surface area contributed by atoms with Gasteiger partial charge in [-0.15, -0.1) is 0 Å². The average molecular weight is 545 g/mol. The summed E-state index contributed by atoms with van der Waals surface area (Å²) in [5, 5.41) is 0.550. The SMILES string of the molecule is Cc1cc(S(=O)(=O)NCC(c2ccc(N(C)C)cc2)N2CCN(c3ccc(F)cc3)CC2)c(C)cc1Cl. The van der Waals surface area contributed by atoms with Crippen LogP contribution < -0.4 is 14.5 Å². The summed E-state index contributed by atoms with van der Waals surface area (Å²) in [7, 11) is 0.243. The van der Waals surface area contributed by atoms with Crippen molar-refractivity contribution in [1.29, 1.82) is 0 Å². The molecular formula is C28H34ClFN4O2S. The molecule has 9 heteroatoms. The number of nitrogens with one attached hydrogen (secondary N) is 1. The van der Waals surface area contributed by atoms with E-state index in [1.54, 1.807) is 38.1 Å². The van der Waals surface area contributed by atoms with Gasteiger partial charge in [0.05, 0.1) is 4.90 Å². The quantitative estimate of drug-likeness (QED) is 0.432. The van der Waals surface area contributed by atoms with Crippen LogP contribution in [0.4, 0.5) is 15.8 Å². The predicted molar refractivity (Wildman–Crippen MR) is 150 cm³/mol. The van der Waals surface area contributed by atoms with Crippen LogP contribution in [0.5, 0.6) is 0 Å². The zero-order chi connectivity index (χ0) is 26.7. The van der Waals surface area contributed by atoms with Crippen molar-refractivity contribution >= 4 is 33.0 Å². The Labute approximate surface area is 224 Å². The highest BCUT2D eigenvalue weighted by Gasteiger charge is 2.28. The molecule has 0 spiro atoms. The van der Waals surface area contributed by atoms with Crippen LogP contribution in [0.2, 0.25) is 5.02 Å². The van der Waals surface area contributed by atoms with Gasteiger partial charge in [0.15, 0.2) is 0 Å². The van der Waals surface area contributed by atoms with E-state index in [4.69, 9.17) is 11.6 Å². The molecule has 1 atom stereocenters. The van der Waals surface area contributed by atoms with Gasteiger partial charge in [-0.25, -0.2) is 17.5 Å². The molecule has 4 rings (SSSR count). The molecule has 0 aliphatic carbocycles. The first-order valence-corrected chi connectivity index (χ1v) is 14.2. The van der Waals surface area contributed by atoms with Crippen LogP contribution in [-0.4, -0.2) is 60.1 Å². The van der Waals surface area contributed by atoms with Crippen molar-refractivity contribution in [1.82, 2.24) is 9.62 Å². The molecule has 1 aliphatic heterocycles. The maximum Gasteiger partial charge on any atom is 0.240 e. The Balaban J connectivity index is 1.55. The molecule has 0 bridgehead atoms. The summed E-state index contributed by atoms with van der Waals surface area (Å²) in [5.41, 5.74) is 4.45. The molecule has 1 aliphatic rings. The number of benzene rings is 3. The van der Waals surface area contributed by atoms with Crippen molar-refractivity contribution in [3.05, 3.63) is 88.2 Å². The fourth-order valence-electron chi connectivity index (χ4n) is 4.71. The maximum absolute atomic E-state index is 13.4. The summed E-state index contributed by atoms with van der Waals surface area (Å²) in [4.78, 5) is 6.82. The van der Waals surface area contributed by atoms with Gasteiger partial charge in [0.25, 0.3) is 0 Å². The third-order valence-corrected chi connectivity index (χ3v) is 8.93. The van der Waals surface area contributed by atoms with Gasteiger partial charge >= 0.3 is 0 Å². The third kappa shape index (κ3) is 6.44. The summed E-state index contributed by atoms with van der Waals surface area (Å²) in [5.74, 6) is -0.248. The summed E-state index contributed by atoms with van der Waals surface area (Å²) < 4.78 is 42.9. The number of rotatable bonds is 8. The molecule has 1 N–H and O–H groups in total. The summed E-state index contributed by atoms with van der Waals surface area (Å²) in [6, 6.07) is 18.0. The fraction of sp³-hybridized carbons (Fsp3) is 0.357. The average Bonchev–Trinajstić information content (AvgIpc) is 2.87. The molecule has 37 heavy (non-hydrogen) atoms. The van der Waals surface area contributed by atoms with Crippen molar-refractivity contribution in [3.8, 4) is 0 Å². The highest BCUT2D eigenvalue weighted by Crippen LogP contribution is 2.28. The van der Waals surface area contributed by atoms with E-state index in [-0.39, 0.29) is 23.3 Å². The van der Waals surface area contributed by atoms with E-state index in [0.717, 1.165) is 48.7 Å². The molecule has 1 fully saturated rings. The first-order valence-electron chi connectivity index (χ1n) is 12.3. The van der Waals surface area contributed by atoms with E-state index in [1.807, 2.05) is 19.0 Å². The minimum Gasteiger partial charge on any atom is -0.378 e. The second-order valence-electron chi connectivity index (χ2n) is 9.72. The zero-order valence-electron chi connectivity index (χ0n) is 21.7. The van der Waals surface area contributed by atoms with Crippen molar-refractivity contribution in [2.45, 2.75) is 24.8 Å². The van der Waals surface area contributed by atoms with E-state index in [1.165, 1.54) is 12.1 Å². The number of sulfonamides is 1. The molecule has 6 nitrogen and oxygen atoms in total. The minimum absolute atomic E-state index is 0.143. The summed E-state index contributed by atoms with van der Waals surface area (Å²) >= 11 is 6.20. The Bertz CT molecular complexity index is 1320. The van der Waals surface area contributed by atoms with E-state index < -0.39 is 10.0 Å². The second-order valence-corrected chi connectivity index (χ2v) is 11.9. The Kier molecular flexibility index (Phi) is 8.43. The molecule has 1 unspecified atom stereocenters. The van der Waals surface area contributed by atoms with Crippen LogP contribution in [-0.2, 0) is 10.0 Å². The number of hydrogen-bond acceptors (Lipinski definition) is 5. The lowest BCUT2D eigenvalue weighted by molar-refractivity contribution is 0.187. The predicted octanol–water partition coefficient (Wildman–Crippen LogP) is 5.00. The number of piperazine rings is 1. The number of anilines is 2. The first-order chi connectivity index (χ1) is 17.5. The lowest BCUT2D eigenvalue weighted by atomic mass is 10.0. The standard InChI is InChI=1S/C28H34ClFN4O2S/c1-20-18-28(21(2)17-26(20)29)37(35,36)31-19-27(22-5-9-24(10-6-22)32(3)4)34-15-13-33(14-16-34)25-11-7-23(30)8-12-25/h5-12,17-18,27,31H,13-16,19H2,1-4H3. The number of hydrogen-bond donors (Lipinski definition) is 1. The van der Waals surface area contributed by atoms with E-state index >= 15 is 0 Å². The number of nitrogens with zero attached hydrogens (tertiary/aromatic N) is 3. The minimum atomic E-state index is -3.74. The maximum atomic E-state index is 13.4. The van der Waals surface area contributed by atoms with Gasteiger partial charge in [-0.1, -0.05) is 23.7 Å². The molecule has 198 valence electrons. The lowest BCUT2D eigenvalue weighted by Crippen LogP contribution is -2.50. The van der Waals surface area contributed by atoms with Crippen molar-refractivity contribution < 1.29 is 12.8 Å². The molecule has 0 radical (unpaired) electrons. The van der Waals surface area contributed by atoms with E-state index in [9.17, 15) is 12.8 Å². The highest BCUT2D eigenvalue weighted by molar-refractivity contribution is 7.89. The Morgan fingerprint density at radius 1 is 0.946 bits per heavy atom. The molecule has 1 saturated heterocycles. The molecule has 3 aromatic carbocycles. The normalized spacial score (nSPS) is 15.6. The molecular weight excluding hydrogens is 511 g/mol. The van der Waals surface area contributed by atoms with Gasteiger partial charge < -0.3 is 9.80 Å². The van der Waals surface area contributed by atoms with Crippen LogP contribution in [0.1, 0.15) is 22.7 Å². The Hall–Kier alpha value is -2.65. The monoisotopic (exact) mass is 544 g/mol. The first kappa shape index (κ1) is 27.4. The van der Waals surface area contributed by atoms with Crippen LogP contribution >= 0.6 is 11.6 Å².